The van der Waals surface area contributed by atoms with Gasteiger partial charge >= 0.3 is 0 Å². The molecule has 1 heterocycles. The van der Waals surface area contributed by atoms with Gasteiger partial charge in [0.1, 0.15) is 0 Å². The highest BCUT2D eigenvalue weighted by atomic mass is 16.1. The van der Waals surface area contributed by atoms with Gasteiger partial charge in [0.2, 0.25) is 0 Å². The summed E-state index contributed by atoms with van der Waals surface area (Å²) >= 11 is 0. The molecule has 0 amide bonds. The second-order valence-electron chi connectivity index (χ2n) is 7.45. The molecule has 0 saturated carbocycles. The third kappa shape index (κ3) is 3.22. The lowest BCUT2D eigenvalue weighted by Crippen LogP contribution is -2.31. The van der Waals surface area contributed by atoms with Crippen molar-refractivity contribution in [3.05, 3.63) is 102 Å². The molecule has 2 atom stereocenters. The van der Waals surface area contributed by atoms with E-state index in [4.69, 9.17) is 11.5 Å². The van der Waals surface area contributed by atoms with E-state index in [0.29, 0.717) is 17.8 Å². The second-order valence-corrected chi connectivity index (χ2v) is 7.45. The van der Waals surface area contributed by atoms with Crippen LogP contribution in [0.5, 0.6) is 0 Å². The molecular weight excluding hydrogens is 358 g/mol. The lowest BCUT2D eigenvalue weighted by molar-refractivity contribution is 0.0967. The fourth-order valence-corrected chi connectivity index (χ4v) is 4.18. The van der Waals surface area contributed by atoms with Gasteiger partial charge in [0, 0.05) is 35.1 Å². The summed E-state index contributed by atoms with van der Waals surface area (Å²) in [6.07, 6.45) is 1.88. The first kappa shape index (κ1) is 19.0. The van der Waals surface area contributed by atoms with Crippen molar-refractivity contribution < 1.29 is 4.79 Å². The van der Waals surface area contributed by atoms with E-state index in [1.807, 2.05) is 54.6 Å². The summed E-state index contributed by atoms with van der Waals surface area (Å²) in [7, 11) is 0. The first-order chi connectivity index (χ1) is 14.0. The summed E-state index contributed by atoms with van der Waals surface area (Å²) in [6.45, 7) is 6.31. The average Bonchev–Trinajstić information content (AvgIpc) is 2.73. The number of anilines is 3. The molecule has 1 aliphatic heterocycles. The number of carbonyl (C=O) groups excluding carboxylic acids is 1. The Balaban J connectivity index is 2.04. The number of hydrogen-bond donors (Lipinski definition) is 2. The highest BCUT2D eigenvalue weighted by Crippen LogP contribution is 2.49. The maximum Gasteiger partial charge on any atom is 0.179 e. The molecule has 0 fully saturated rings. The largest absolute Gasteiger partial charge is 0.399 e. The standard InChI is InChI=1S/C25H25N3O/c1-3-15-28-21-9-5-4-7-19(21)23(17-11-13-18(27)14-12-17)24-20(25(29)16(2)26)8-6-10-22(24)28/h3-14,16,23H,1,15,26-27H2,2H3/t16-,23?/m0/s1. The van der Waals surface area contributed by atoms with Crippen LogP contribution in [-0.2, 0) is 0 Å². The molecule has 0 aromatic heterocycles. The van der Waals surface area contributed by atoms with Crippen molar-refractivity contribution in [2.45, 2.75) is 18.9 Å². The number of benzene rings is 3. The van der Waals surface area contributed by atoms with E-state index >= 15 is 0 Å². The SMILES string of the molecule is C=CCN1c2ccccc2C(c2ccc(N)cc2)c2c(C(=O)[C@H](C)N)cccc21. The van der Waals surface area contributed by atoms with Gasteiger partial charge in [0.25, 0.3) is 0 Å². The third-order valence-corrected chi connectivity index (χ3v) is 5.46. The number of hydrogen-bond acceptors (Lipinski definition) is 4. The van der Waals surface area contributed by atoms with Crippen LogP contribution in [0.15, 0.2) is 79.4 Å². The Labute approximate surface area is 171 Å². The number of para-hydroxylation sites is 1. The lowest BCUT2D eigenvalue weighted by Gasteiger charge is -2.38. The first-order valence-electron chi connectivity index (χ1n) is 9.78. The van der Waals surface area contributed by atoms with Gasteiger partial charge in [-0.2, -0.15) is 0 Å². The number of nitrogen functional groups attached to an aromatic ring is 1. The summed E-state index contributed by atoms with van der Waals surface area (Å²) in [5.41, 5.74) is 18.7. The fourth-order valence-electron chi connectivity index (χ4n) is 4.18. The Morgan fingerprint density at radius 1 is 1.07 bits per heavy atom. The number of fused-ring (bicyclic) bond motifs is 2. The van der Waals surface area contributed by atoms with Gasteiger partial charge in [-0.15, -0.1) is 6.58 Å². The molecular formula is C25H25N3O. The Bertz CT molecular complexity index is 1070. The molecule has 0 saturated heterocycles. The van der Waals surface area contributed by atoms with Crippen LogP contribution in [0.25, 0.3) is 0 Å². The van der Waals surface area contributed by atoms with Gasteiger partial charge in [0.15, 0.2) is 5.78 Å². The molecule has 0 bridgehead atoms. The molecule has 0 aliphatic carbocycles. The zero-order chi connectivity index (χ0) is 20.5. The lowest BCUT2D eigenvalue weighted by atomic mass is 9.77. The normalized spacial score (nSPS) is 15.9. The zero-order valence-electron chi connectivity index (χ0n) is 16.5. The first-order valence-corrected chi connectivity index (χ1v) is 9.78. The molecule has 4 nitrogen and oxygen atoms in total. The number of Topliss-reactive ketones (excluding diaryl/α,β-unsaturated/α-hetero) is 1. The fraction of sp³-hybridized carbons (Fsp3) is 0.160. The minimum Gasteiger partial charge on any atom is -0.399 e. The van der Waals surface area contributed by atoms with Crippen molar-refractivity contribution in [2.75, 3.05) is 17.2 Å². The smallest absolute Gasteiger partial charge is 0.179 e. The molecule has 1 aliphatic rings. The highest BCUT2D eigenvalue weighted by Gasteiger charge is 2.34. The van der Waals surface area contributed by atoms with E-state index in [9.17, 15) is 4.79 Å². The van der Waals surface area contributed by atoms with Crippen molar-refractivity contribution >= 4 is 22.8 Å². The van der Waals surface area contributed by atoms with Crippen molar-refractivity contribution in [3.8, 4) is 0 Å². The molecule has 146 valence electrons. The average molecular weight is 383 g/mol. The predicted molar refractivity (Wildman–Crippen MR) is 120 cm³/mol. The molecule has 0 spiro atoms. The van der Waals surface area contributed by atoms with Gasteiger partial charge in [0.05, 0.1) is 6.04 Å². The Hall–Kier alpha value is -3.37. The van der Waals surface area contributed by atoms with Crippen LogP contribution in [-0.4, -0.2) is 18.4 Å². The number of rotatable bonds is 5. The van der Waals surface area contributed by atoms with Crippen molar-refractivity contribution in [3.63, 3.8) is 0 Å². The van der Waals surface area contributed by atoms with Crippen molar-refractivity contribution in [1.29, 1.82) is 0 Å². The van der Waals surface area contributed by atoms with Gasteiger partial charge < -0.3 is 16.4 Å². The third-order valence-electron chi connectivity index (χ3n) is 5.46. The molecule has 0 radical (unpaired) electrons. The Morgan fingerprint density at radius 3 is 2.45 bits per heavy atom. The Morgan fingerprint density at radius 2 is 1.76 bits per heavy atom. The number of carbonyl (C=O) groups is 1. The summed E-state index contributed by atoms with van der Waals surface area (Å²) in [4.78, 5) is 15.3. The minimum absolute atomic E-state index is 0.0553. The number of ketones is 1. The monoisotopic (exact) mass is 383 g/mol. The molecule has 3 aromatic rings. The van der Waals surface area contributed by atoms with Crippen LogP contribution < -0.4 is 16.4 Å². The molecule has 1 unspecified atom stereocenters. The van der Waals surface area contributed by atoms with E-state index in [0.717, 1.165) is 28.1 Å². The molecule has 4 rings (SSSR count). The van der Waals surface area contributed by atoms with Crippen LogP contribution in [0.4, 0.5) is 17.1 Å². The van der Waals surface area contributed by atoms with E-state index in [1.165, 1.54) is 0 Å². The minimum atomic E-state index is -0.571. The summed E-state index contributed by atoms with van der Waals surface area (Å²) in [5.74, 6) is -0.137. The maximum atomic E-state index is 13.0. The summed E-state index contributed by atoms with van der Waals surface area (Å²) in [6, 6.07) is 21.5. The second kappa shape index (κ2) is 7.57. The molecule has 29 heavy (non-hydrogen) atoms. The van der Waals surface area contributed by atoms with Crippen LogP contribution >= 0.6 is 0 Å². The van der Waals surface area contributed by atoms with Crippen LogP contribution in [0, 0.1) is 0 Å². The highest BCUT2D eigenvalue weighted by molar-refractivity contribution is 6.03. The maximum absolute atomic E-state index is 13.0. The van der Waals surface area contributed by atoms with E-state index in [2.05, 4.69) is 29.7 Å². The van der Waals surface area contributed by atoms with Gasteiger partial charge in [-0.3, -0.25) is 4.79 Å². The molecule has 3 aromatic carbocycles. The van der Waals surface area contributed by atoms with Gasteiger partial charge in [-0.1, -0.05) is 48.5 Å². The predicted octanol–water partition coefficient (Wildman–Crippen LogP) is 4.62. The number of nitrogens with zero attached hydrogens (tertiary/aromatic N) is 1. The van der Waals surface area contributed by atoms with Crippen molar-refractivity contribution in [1.82, 2.24) is 0 Å². The van der Waals surface area contributed by atoms with E-state index < -0.39 is 6.04 Å². The van der Waals surface area contributed by atoms with E-state index in [1.54, 1.807) is 6.92 Å². The van der Waals surface area contributed by atoms with Crippen LogP contribution in [0.3, 0.4) is 0 Å². The van der Waals surface area contributed by atoms with Gasteiger partial charge in [-0.25, -0.2) is 0 Å². The van der Waals surface area contributed by atoms with Gasteiger partial charge in [-0.05, 0) is 47.9 Å². The van der Waals surface area contributed by atoms with Crippen LogP contribution in [0.1, 0.15) is 39.9 Å². The van der Waals surface area contributed by atoms with Crippen LogP contribution in [0.2, 0.25) is 0 Å². The number of nitrogens with two attached hydrogens (primary N) is 2. The summed E-state index contributed by atoms with van der Waals surface area (Å²) < 4.78 is 0. The van der Waals surface area contributed by atoms with E-state index in [-0.39, 0.29) is 11.7 Å². The quantitative estimate of drug-likeness (QED) is 0.383. The summed E-state index contributed by atoms with van der Waals surface area (Å²) in [5, 5.41) is 0. The topological polar surface area (TPSA) is 72.3 Å². The van der Waals surface area contributed by atoms with Crippen molar-refractivity contribution in [2.24, 2.45) is 5.73 Å². The zero-order valence-corrected chi connectivity index (χ0v) is 16.5. The molecule has 4 heteroatoms. The molecule has 4 N–H and O–H groups in total. The Kier molecular flexibility index (Phi) is 4.95.